The molecule has 0 aromatic carbocycles. The summed E-state index contributed by atoms with van der Waals surface area (Å²) in [6.07, 6.45) is 8.60. The lowest BCUT2D eigenvalue weighted by molar-refractivity contribution is -0.143. The van der Waals surface area contributed by atoms with E-state index in [1.54, 1.807) is 0 Å². The van der Waals surface area contributed by atoms with Gasteiger partial charge >= 0.3 is 5.97 Å². The van der Waals surface area contributed by atoms with Crippen molar-refractivity contribution in [1.82, 2.24) is 0 Å². The Bertz CT molecular complexity index is 191. The third kappa shape index (κ3) is 4.57. The third-order valence-electron chi connectivity index (χ3n) is 2.35. The molecule has 13 heavy (non-hydrogen) atoms. The van der Waals surface area contributed by atoms with Gasteiger partial charge in [-0.25, -0.2) is 0 Å². The Morgan fingerprint density at radius 2 is 2.23 bits per heavy atom. The van der Waals surface area contributed by atoms with Gasteiger partial charge in [-0.1, -0.05) is 26.7 Å². The molecule has 2 heteroatoms. The number of carboxylic acid groups (broad SMARTS) is 1. The summed E-state index contributed by atoms with van der Waals surface area (Å²) >= 11 is 0. The highest BCUT2D eigenvalue weighted by Crippen LogP contribution is 2.21. The molecule has 0 aliphatic heterocycles. The predicted molar refractivity (Wildman–Crippen MR) is 53.3 cm³/mol. The number of terminal acetylenes is 1. The maximum atomic E-state index is 10.8. The molecule has 74 valence electrons. The Hall–Kier alpha value is -0.970. The lowest BCUT2D eigenvalue weighted by Crippen LogP contribution is -2.21. The lowest BCUT2D eigenvalue weighted by atomic mass is 9.87. The molecule has 0 amide bonds. The second-order valence-corrected chi connectivity index (χ2v) is 3.47. The first-order valence-electron chi connectivity index (χ1n) is 4.79. The van der Waals surface area contributed by atoms with E-state index in [9.17, 15) is 4.79 Å². The first kappa shape index (κ1) is 12.0. The van der Waals surface area contributed by atoms with Gasteiger partial charge in [0, 0.05) is 6.42 Å². The van der Waals surface area contributed by atoms with Gasteiger partial charge in [-0.3, -0.25) is 4.79 Å². The third-order valence-corrected chi connectivity index (χ3v) is 2.35. The van der Waals surface area contributed by atoms with Gasteiger partial charge in [-0.05, 0) is 12.3 Å². The SMILES string of the molecule is C#CC[C@H](C(=O)O)C(C)CCCC. The Morgan fingerprint density at radius 3 is 2.62 bits per heavy atom. The summed E-state index contributed by atoms with van der Waals surface area (Å²) in [6.45, 7) is 4.06. The molecule has 0 spiro atoms. The molecular formula is C11H18O2. The zero-order valence-electron chi connectivity index (χ0n) is 8.42. The number of hydrogen-bond acceptors (Lipinski definition) is 1. The lowest BCUT2D eigenvalue weighted by Gasteiger charge is -2.17. The van der Waals surface area contributed by atoms with Crippen LogP contribution in [0.4, 0.5) is 0 Å². The molecule has 2 nitrogen and oxygen atoms in total. The molecule has 0 fully saturated rings. The summed E-state index contributed by atoms with van der Waals surface area (Å²) in [5.74, 6) is 1.49. The van der Waals surface area contributed by atoms with Gasteiger partial charge < -0.3 is 5.11 Å². The molecule has 2 atom stereocenters. The van der Waals surface area contributed by atoms with Gasteiger partial charge in [0.05, 0.1) is 5.92 Å². The highest BCUT2D eigenvalue weighted by Gasteiger charge is 2.22. The van der Waals surface area contributed by atoms with Crippen molar-refractivity contribution >= 4 is 5.97 Å². The van der Waals surface area contributed by atoms with Crippen LogP contribution in [0.3, 0.4) is 0 Å². The molecular weight excluding hydrogens is 164 g/mol. The van der Waals surface area contributed by atoms with Crippen molar-refractivity contribution in [3.63, 3.8) is 0 Å². The number of unbranched alkanes of at least 4 members (excludes halogenated alkanes) is 1. The van der Waals surface area contributed by atoms with Crippen LogP contribution in [0.15, 0.2) is 0 Å². The van der Waals surface area contributed by atoms with Gasteiger partial charge in [-0.2, -0.15) is 0 Å². The van der Waals surface area contributed by atoms with Crippen LogP contribution in [0, 0.1) is 24.2 Å². The first-order valence-corrected chi connectivity index (χ1v) is 4.79. The van der Waals surface area contributed by atoms with Crippen LogP contribution < -0.4 is 0 Å². The van der Waals surface area contributed by atoms with E-state index in [2.05, 4.69) is 12.8 Å². The van der Waals surface area contributed by atoms with Crippen molar-refractivity contribution in [1.29, 1.82) is 0 Å². The molecule has 0 rings (SSSR count). The number of carbonyl (C=O) groups is 1. The monoisotopic (exact) mass is 182 g/mol. The fraction of sp³-hybridized carbons (Fsp3) is 0.727. The van der Waals surface area contributed by atoms with Crippen LogP contribution in [0.5, 0.6) is 0 Å². The van der Waals surface area contributed by atoms with Gasteiger partial charge in [0.15, 0.2) is 0 Å². The number of aliphatic carboxylic acids is 1. The van der Waals surface area contributed by atoms with Gasteiger partial charge in [0.25, 0.3) is 0 Å². The van der Waals surface area contributed by atoms with Crippen LogP contribution in [0.1, 0.15) is 39.5 Å². The molecule has 0 aliphatic rings. The number of rotatable bonds is 6. The second-order valence-electron chi connectivity index (χ2n) is 3.47. The fourth-order valence-electron chi connectivity index (χ4n) is 1.39. The van der Waals surface area contributed by atoms with E-state index in [0.29, 0.717) is 6.42 Å². The Morgan fingerprint density at radius 1 is 1.62 bits per heavy atom. The smallest absolute Gasteiger partial charge is 0.307 e. The molecule has 0 saturated heterocycles. The molecule has 0 heterocycles. The largest absolute Gasteiger partial charge is 0.481 e. The summed E-state index contributed by atoms with van der Waals surface area (Å²) in [5, 5.41) is 8.88. The quantitative estimate of drug-likeness (QED) is 0.641. The maximum Gasteiger partial charge on any atom is 0.307 e. The van der Waals surface area contributed by atoms with E-state index in [0.717, 1.165) is 19.3 Å². The first-order chi connectivity index (χ1) is 6.13. The summed E-state index contributed by atoms with van der Waals surface area (Å²) in [6, 6.07) is 0. The Balaban J connectivity index is 4.04. The topological polar surface area (TPSA) is 37.3 Å². The fourth-order valence-corrected chi connectivity index (χ4v) is 1.39. The highest BCUT2D eigenvalue weighted by molar-refractivity contribution is 5.70. The average molecular weight is 182 g/mol. The van der Waals surface area contributed by atoms with Gasteiger partial charge in [0.2, 0.25) is 0 Å². The van der Waals surface area contributed by atoms with E-state index in [1.807, 2.05) is 6.92 Å². The van der Waals surface area contributed by atoms with Gasteiger partial charge in [0.1, 0.15) is 0 Å². The molecule has 0 aromatic heterocycles. The normalized spacial score (nSPS) is 14.5. The van der Waals surface area contributed by atoms with Crippen LogP contribution in [0.2, 0.25) is 0 Å². The predicted octanol–water partition coefficient (Wildman–Crippen LogP) is 2.54. The van der Waals surface area contributed by atoms with Crippen molar-refractivity contribution in [3.05, 3.63) is 0 Å². The number of hydrogen-bond donors (Lipinski definition) is 1. The van der Waals surface area contributed by atoms with Crippen LogP contribution >= 0.6 is 0 Å². The molecule has 1 N–H and O–H groups in total. The highest BCUT2D eigenvalue weighted by atomic mass is 16.4. The van der Waals surface area contributed by atoms with Crippen LogP contribution in [0.25, 0.3) is 0 Å². The molecule has 0 aromatic rings. The van der Waals surface area contributed by atoms with Crippen molar-refractivity contribution in [2.24, 2.45) is 11.8 Å². The minimum Gasteiger partial charge on any atom is -0.481 e. The van der Waals surface area contributed by atoms with Gasteiger partial charge in [-0.15, -0.1) is 12.3 Å². The zero-order valence-corrected chi connectivity index (χ0v) is 8.42. The molecule has 0 saturated carbocycles. The standard InChI is InChI=1S/C11H18O2/c1-4-6-8-9(3)10(7-5-2)11(12)13/h2,9-10H,4,6-8H2,1,3H3,(H,12,13)/t9?,10-/m0/s1. The van der Waals surface area contributed by atoms with E-state index < -0.39 is 5.97 Å². The molecule has 0 aliphatic carbocycles. The summed E-state index contributed by atoms with van der Waals surface area (Å²) in [7, 11) is 0. The summed E-state index contributed by atoms with van der Waals surface area (Å²) < 4.78 is 0. The van der Waals surface area contributed by atoms with Crippen molar-refractivity contribution in [2.75, 3.05) is 0 Å². The van der Waals surface area contributed by atoms with Crippen molar-refractivity contribution < 1.29 is 9.90 Å². The Kier molecular flexibility index (Phi) is 6.05. The molecule has 1 unspecified atom stereocenters. The summed E-state index contributed by atoms with van der Waals surface area (Å²) in [5.41, 5.74) is 0. The summed E-state index contributed by atoms with van der Waals surface area (Å²) in [4.78, 5) is 10.8. The maximum absolute atomic E-state index is 10.8. The molecule has 0 bridgehead atoms. The van der Waals surface area contributed by atoms with Crippen LogP contribution in [-0.4, -0.2) is 11.1 Å². The van der Waals surface area contributed by atoms with Crippen LogP contribution in [-0.2, 0) is 4.79 Å². The Labute approximate surface area is 80.3 Å². The van der Waals surface area contributed by atoms with E-state index in [1.165, 1.54) is 0 Å². The number of carboxylic acids is 1. The van der Waals surface area contributed by atoms with E-state index >= 15 is 0 Å². The van der Waals surface area contributed by atoms with E-state index in [-0.39, 0.29) is 11.8 Å². The second kappa shape index (κ2) is 6.54. The minimum absolute atomic E-state index is 0.188. The average Bonchev–Trinajstić information content (AvgIpc) is 2.09. The zero-order chi connectivity index (χ0) is 10.3. The molecule has 0 radical (unpaired) electrons. The van der Waals surface area contributed by atoms with E-state index in [4.69, 9.17) is 11.5 Å². The van der Waals surface area contributed by atoms with Crippen molar-refractivity contribution in [3.8, 4) is 12.3 Å². The minimum atomic E-state index is -0.762. The van der Waals surface area contributed by atoms with Crippen molar-refractivity contribution in [2.45, 2.75) is 39.5 Å².